The molecule has 3 rings (SSSR count). The molecule has 0 unspecified atom stereocenters. The SMILES string of the molecule is CS(=O)(=O)c1cc(C(=O)N2C[C@@H](N)[C@H](c3ccccc3)C2)cc([N+](=O)[O-])c1.Cl. The van der Waals surface area contributed by atoms with Crippen molar-refractivity contribution in [2.24, 2.45) is 5.73 Å². The Morgan fingerprint density at radius 1 is 1.18 bits per heavy atom. The molecule has 0 aliphatic carbocycles. The van der Waals surface area contributed by atoms with E-state index < -0.39 is 26.4 Å². The molecule has 150 valence electrons. The minimum Gasteiger partial charge on any atom is -0.336 e. The van der Waals surface area contributed by atoms with Gasteiger partial charge >= 0.3 is 0 Å². The second-order valence-electron chi connectivity index (χ2n) is 6.64. The van der Waals surface area contributed by atoms with Gasteiger partial charge in [-0.25, -0.2) is 8.42 Å². The maximum atomic E-state index is 12.9. The number of carbonyl (C=O) groups is 1. The highest BCUT2D eigenvalue weighted by Crippen LogP contribution is 2.29. The molecule has 1 fully saturated rings. The molecular formula is C18H20ClN3O5S. The number of hydrogen-bond donors (Lipinski definition) is 1. The van der Waals surface area contributed by atoms with Crippen LogP contribution in [0.2, 0.25) is 0 Å². The molecule has 1 heterocycles. The Bertz CT molecular complexity index is 998. The van der Waals surface area contributed by atoms with Gasteiger partial charge in [0.25, 0.3) is 11.6 Å². The molecule has 0 bridgehead atoms. The Balaban J connectivity index is 0.00000280. The summed E-state index contributed by atoms with van der Waals surface area (Å²) in [5, 5.41) is 11.1. The summed E-state index contributed by atoms with van der Waals surface area (Å²) in [5.41, 5.74) is 6.73. The van der Waals surface area contributed by atoms with Crippen LogP contribution < -0.4 is 5.73 Å². The minimum atomic E-state index is -3.70. The van der Waals surface area contributed by atoms with Crippen molar-refractivity contribution in [3.05, 3.63) is 69.8 Å². The van der Waals surface area contributed by atoms with Crippen molar-refractivity contribution >= 4 is 33.8 Å². The average Bonchev–Trinajstić information content (AvgIpc) is 3.02. The minimum absolute atomic E-state index is 0. The molecule has 0 saturated carbocycles. The number of nitro benzene ring substituents is 1. The van der Waals surface area contributed by atoms with Crippen molar-refractivity contribution in [3.63, 3.8) is 0 Å². The summed E-state index contributed by atoms with van der Waals surface area (Å²) in [6, 6.07) is 12.5. The highest BCUT2D eigenvalue weighted by atomic mass is 35.5. The van der Waals surface area contributed by atoms with E-state index in [0.29, 0.717) is 6.54 Å². The molecule has 10 heteroatoms. The number of hydrogen-bond acceptors (Lipinski definition) is 6. The first-order valence-electron chi connectivity index (χ1n) is 8.26. The first-order valence-corrected chi connectivity index (χ1v) is 10.2. The lowest BCUT2D eigenvalue weighted by atomic mass is 9.95. The van der Waals surface area contributed by atoms with Crippen LogP contribution in [0.4, 0.5) is 5.69 Å². The van der Waals surface area contributed by atoms with E-state index in [9.17, 15) is 23.3 Å². The number of nitrogens with zero attached hydrogens (tertiary/aromatic N) is 2. The molecule has 2 aromatic rings. The van der Waals surface area contributed by atoms with Crippen LogP contribution in [0.15, 0.2) is 53.4 Å². The lowest BCUT2D eigenvalue weighted by molar-refractivity contribution is -0.385. The molecule has 2 aromatic carbocycles. The van der Waals surface area contributed by atoms with Crippen molar-refractivity contribution in [1.82, 2.24) is 4.90 Å². The zero-order valence-electron chi connectivity index (χ0n) is 15.0. The fourth-order valence-electron chi connectivity index (χ4n) is 3.26. The number of nitro groups is 1. The molecule has 8 nitrogen and oxygen atoms in total. The smallest absolute Gasteiger partial charge is 0.271 e. The fourth-order valence-corrected chi connectivity index (χ4v) is 3.93. The van der Waals surface area contributed by atoms with Crippen LogP contribution >= 0.6 is 12.4 Å². The van der Waals surface area contributed by atoms with E-state index >= 15 is 0 Å². The molecule has 1 amide bonds. The van der Waals surface area contributed by atoms with Gasteiger partial charge in [-0.05, 0) is 11.6 Å². The number of sulfone groups is 1. The highest BCUT2D eigenvalue weighted by Gasteiger charge is 2.35. The molecule has 1 saturated heterocycles. The zero-order valence-corrected chi connectivity index (χ0v) is 16.7. The lowest BCUT2D eigenvalue weighted by Gasteiger charge is -2.17. The van der Waals surface area contributed by atoms with E-state index in [2.05, 4.69) is 0 Å². The van der Waals surface area contributed by atoms with Gasteiger partial charge in [0.1, 0.15) is 0 Å². The zero-order chi connectivity index (χ0) is 19.8. The predicted molar refractivity (Wildman–Crippen MR) is 107 cm³/mol. The van der Waals surface area contributed by atoms with Crippen LogP contribution in [0, 0.1) is 10.1 Å². The molecule has 28 heavy (non-hydrogen) atoms. The van der Waals surface area contributed by atoms with Gasteiger partial charge in [-0.15, -0.1) is 12.4 Å². The van der Waals surface area contributed by atoms with Gasteiger partial charge in [0.05, 0.1) is 9.82 Å². The largest absolute Gasteiger partial charge is 0.336 e. The summed E-state index contributed by atoms with van der Waals surface area (Å²) in [6.45, 7) is 0.649. The Labute approximate surface area is 168 Å². The van der Waals surface area contributed by atoms with Crippen molar-refractivity contribution in [3.8, 4) is 0 Å². The highest BCUT2D eigenvalue weighted by molar-refractivity contribution is 7.90. The van der Waals surface area contributed by atoms with Crippen LogP contribution in [-0.2, 0) is 9.84 Å². The summed E-state index contributed by atoms with van der Waals surface area (Å²) in [4.78, 5) is 24.5. The van der Waals surface area contributed by atoms with Gasteiger partial charge in [0.2, 0.25) is 0 Å². The number of halogens is 1. The van der Waals surface area contributed by atoms with Gasteiger partial charge in [-0.3, -0.25) is 14.9 Å². The summed E-state index contributed by atoms with van der Waals surface area (Å²) >= 11 is 0. The Hall–Kier alpha value is -2.49. The molecule has 0 radical (unpaired) electrons. The van der Waals surface area contributed by atoms with Crippen LogP contribution in [0.3, 0.4) is 0 Å². The van der Waals surface area contributed by atoms with E-state index in [1.54, 1.807) is 0 Å². The van der Waals surface area contributed by atoms with Crippen LogP contribution in [0.1, 0.15) is 21.8 Å². The van der Waals surface area contributed by atoms with E-state index in [0.717, 1.165) is 24.0 Å². The number of amides is 1. The van der Waals surface area contributed by atoms with E-state index in [4.69, 9.17) is 5.73 Å². The van der Waals surface area contributed by atoms with Crippen LogP contribution in [0.5, 0.6) is 0 Å². The third-order valence-electron chi connectivity index (χ3n) is 4.66. The molecule has 1 aliphatic rings. The van der Waals surface area contributed by atoms with Gasteiger partial charge < -0.3 is 10.6 Å². The number of benzene rings is 2. The summed E-state index contributed by atoms with van der Waals surface area (Å²) in [5.74, 6) is -0.527. The van der Waals surface area contributed by atoms with E-state index in [1.807, 2.05) is 30.3 Å². The van der Waals surface area contributed by atoms with Gasteiger partial charge in [-0.2, -0.15) is 0 Å². The first-order chi connectivity index (χ1) is 12.7. The summed E-state index contributed by atoms with van der Waals surface area (Å²) in [6.07, 6.45) is 0.942. The van der Waals surface area contributed by atoms with Gasteiger partial charge in [0, 0.05) is 49.0 Å². The first kappa shape index (κ1) is 21.8. The predicted octanol–water partition coefficient (Wildman–Crippen LogP) is 1.99. The van der Waals surface area contributed by atoms with E-state index in [1.165, 1.54) is 11.0 Å². The maximum Gasteiger partial charge on any atom is 0.271 e. The molecule has 0 spiro atoms. The monoisotopic (exact) mass is 425 g/mol. The standard InChI is InChI=1S/C18H19N3O5S.ClH/c1-27(25,26)15-8-13(7-14(9-15)21(23)24)18(22)20-10-16(17(19)11-20)12-5-3-2-4-6-12;/h2-9,16-17H,10-11,19H2,1H3;1H/t16-,17+;/m0./s1. The number of carbonyl (C=O) groups excluding carboxylic acids is 1. The maximum absolute atomic E-state index is 12.9. The van der Waals surface area contributed by atoms with Crippen molar-refractivity contribution < 1.29 is 18.1 Å². The molecule has 0 aromatic heterocycles. The van der Waals surface area contributed by atoms with Crippen molar-refractivity contribution in [2.75, 3.05) is 19.3 Å². The number of likely N-dealkylation sites (tertiary alicyclic amines) is 1. The fraction of sp³-hybridized carbons (Fsp3) is 0.278. The van der Waals surface area contributed by atoms with Crippen molar-refractivity contribution in [1.29, 1.82) is 0 Å². The van der Waals surface area contributed by atoms with Gasteiger partial charge in [0.15, 0.2) is 9.84 Å². The molecule has 1 aliphatic heterocycles. The quantitative estimate of drug-likeness (QED) is 0.590. The summed E-state index contributed by atoms with van der Waals surface area (Å²) < 4.78 is 23.7. The summed E-state index contributed by atoms with van der Waals surface area (Å²) in [7, 11) is -3.70. The second kappa shape index (κ2) is 8.26. The Morgan fingerprint density at radius 2 is 1.82 bits per heavy atom. The third kappa shape index (κ3) is 4.49. The van der Waals surface area contributed by atoms with Gasteiger partial charge in [-0.1, -0.05) is 30.3 Å². The Kier molecular flexibility index (Phi) is 6.43. The third-order valence-corrected chi connectivity index (χ3v) is 5.75. The molecule has 2 atom stereocenters. The average molecular weight is 426 g/mol. The lowest BCUT2D eigenvalue weighted by Crippen LogP contribution is -2.32. The second-order valence-corrected chi connectivity index (χ2v) is 8.65. The molecule has 2 N–H and O–H groups in total. The molecular weight excluding hydrogens is 406 g/mol. The van der Waals surface area contributed by atoms with Crippen LogP contribution in [-0.4, -0.2) is 49.5 Å². The van der Waals surface area contributed by atoms with E-state index in [-0.39, 0.29) is 41.4 Å². The van der Waals surface area contributed by atoms with Crippen LogP contribution in [0.25, 0.3) is 0 Å². The van der Waals surface area contributed by atoms with Crippen molar-refractivity contribution in [2.45, 2.75) is 16.9 Å². The normalized spacial score (nSPS) is 19.1. The number of rotatable bonds is 4. The number of nitrogens with two attached hydrogens (primary N) is 1. The Morgan fingerprint density at radius 3 is 2.39 bits per heavy atom. The number of non-ortho nitro benzene ring substituents is 1. The topological polar surface area (TPSA) is 124 Å².